The maximum absolute atomic E-state index is 13.5. The van der Waals surface area contributed by atoms with Crippen LogP contribution in [0.4, 0.5) is 4.39 Å². The zero-order valence-corrected chi connectivity index (χ0v) is 11.1. The molecule has 0 radical (unpaired) electrons. The molecule has 100 valence electrons. The summed E-state index contributed by atoms with van der Waals surface area (Å²) in [4.78, 5) is 4.08. The molecule has 0 spiro atoms. The Bertz CT molecular complexity index is 531. The lowest BCUT2D eigenvalue weighted by Crippen LogP contribution is -2.18. The molecule has 1 N–H and O–H groups in total. The van der Waals surface area contributed by atoms with Crippen LogP contribution >= 0.6 is 0 Å². The number of nitrogens with zero attached hydrogens (tertiary/aromatic N) is 1. The average Bonchev–Trinajstić information content (AvgIpc) is 2.46. The second kappa shape index (κ2) is 6.29. The first kappa shape index (κ1) is 13.5. The van der Waals surface area contributed by atoms with Gasteiger partial charge in [0.05, 0.1) is 7.11 Å². The van der Waals surface area contributed by atoms with Crippen molar-refractivity contribution in [2.75, 3.05) is 7.11 Å². The van der Waals surface area contributed by atoms with Gasteiger partial charge in [-0.3, -0.25) is 4.98 Å². The number of aromatic nitrogens is 1. The molecule has 1 atom stereocenters. The first-order valence-corrected chi connectivity index (χ1v) is 6.16. The molecule has 0 aliphatic carbocycles. The Morgan fingerprint density at radius 2 is 2.21 bits per heavy atom. The molecule has 1 aromatic heterocycles. The topological polar surface area (TPSA) is 34.1 Å². The molecule has 19 heavy (non-hydrogen) atoms. The Kier molecular flexibility index (Phi) is 4.47. The third-order valence-electron chi connectivity index (χ3n) is 3.01. The predicted octanol–water partition coefficient (Wildman–Crippen LogP) is 3.08. The van der Waals surface area contributed by atoms with Gasteiger partial charge in [0.25, 0.3) is 0 Å². The molecular formula is C15H17FN2O. The number of nitrogens with one attached hydrogen (secondary N) is 1. The fourth-order valence-corrected chi connectivity index (χ4v) is 1.84. The lowest BCUT2D eigenvalue weighted by Gasteiger charge is -2.14. The summed E-state index contributed by atoms with van der Waals surface area (Å²) in [6.07, 6.45) is 3.57. The summed E-state index contributed by atoms with van der Waals surface area (Å²) < 4.78 is 18.4. The fourth-order valence-electron chi connectivity index (χ4n) is 1.84. The number of rotatable bonds is 5. The van der Waals surface area contributed by atoms with Crippen LogP contribution in [0.2, 0.25) is 0 Å². The fraction of sp³-hybridized carbons (Fsp3) is 0.267. The van der Waals surface area contributed by atoms with E-state index in [9.17, 15) is 4.39 Å². The second-order valence-corrected chi connectivity index (χ2v) is 4.36. The van der Waals surface area contributed by atoms with Gasteiger partial charge in [0.1, 0.15) is 0 Å². The Morgan fingerprint density at radius 1 is 1.37 bits per heavy atom. The van der Waals surface area contributed by atoms with Gasteiger partial charge >= 0.3 is 0 Å². The zero-order chi connectivity index (χ0) is 13.7. The number of hydrogen-bond acceptors (Lipinski definition) is 3. The van der Waals surface area contributed by atoms with Gasteiger partial charge in [-0.15, -0.1) is 0 Å². The molecule has 0 fully saturated rings. The van der Waals surface area contributed by atoms with Crippen LogP contribution in [-0.2, 0) is 6.54 Å². The molecule has 0 saturated carbocycles. The number of hydrogen-bond donors (Lipinski definition) is 1. The van der Waals surface area contributed by atoms with Crippen molar-refractivity contribution in [3.8, 4) is 5.75 Å². The molecule has 0 aliphatic rings. The number of benzene rings is 1. The van der Waals surface area contributed by atoms with E-state index < -0.39 is 0 Å². The van der Waals surface area contributed by atoms with Crippen LogP contribution in [0.15, 0.2) is 42.7 Å². The van der Waals surface area contributed by atoms with Crippen LogP contribution in [0.5, 0.6) is 5.75 Å². The first-order valence-electron chi connectivity index (χ1n) is 6.16. The molecule has 2 rings (SSSR count). The van der Waals surface area contributed by atoms with Crippen molar-refractivity contribution in [3.05, 3.63) is 59.7 Å². The highest BCUT2D eigenvalue weighted by Crippen LogP contribution is 2.18. The Labute approximate surface area is 112 Å². The van der Waals surface area contributed by atoms with E-state index in [-0.39, 0.29) is 17.6 Å². The minimum atomic E-state index is -0.337. The van der Waals surface area contributed by atoms with Crippen LogP contribution in [0.25, 0.3) is 0 Å². The number of pyridine rings is 1. The first-order chi connectivity index (χ1) is 9.20. The van der Waals surface area contributed by atoms with Crippen LogP contribution in [0.3, 0.4) is 0 Å². The van der Waals surface area contributed by atoms with E-state index in [2.05, 4.69) is 17.2 Å². The maximum Gasteiger partial charge on any atom is 0.165 e. The van der Waals surface area contributed by atoms with E-state index in [0.29, 0.717) is 6.54 Å². The maximum atomic E-state index is 13.5. The predicted molar refractivity (Wildman–Crippen MR) is 72.4 cm³/mol. The van der Waals surface area contributed by atoms with Gasteiger partial charge < -0.3 is 10.1 Å². The van der Waals surface area contributed by atoms with Crippen molar-refractivity contribution in [2.24, 2.45) is 0 Å². The SMILES string of the molecule is COc1ccc(CN[C@@H](C)c2cccnc2)cc1F. The standard InChI is InChI=1S/C15H17FN2O/c1-11(13-4-3-7-17-10-13)18-9-12-5-6-15(19-2)14(16)8-12/h3-8,10-11,18H,9H2,1-2H3/t11-/m0/s1. The Balaban J connectivity index is 1.97. The molecule has 0 bridgehead atoms. The highest BCUT2D eigenvalue weighted by Gasteiger charge is 2.06. The van der Waals surface area contributed by atoms with E-state index in [0.717, 1.165) is 11.1 Å². The normalized spacial score (nSPS) is 12.2. The molecule has 3 nitrogen and oxygen atoms in total. The van der Waals surface area contributed by atoms with Crippen molar-refractivity contribution in [1.29, 1.82) is 0 Å². The quantitative estimate of drug-likeness (QED) is 0.897. The van der Waals surface area contributed by atoms with E-state index >= 15 is 0 Å². The molecule has 1 aromatic carbocycles. The van der Waals surface area contributed by atoms with E-state index in [1.807, 2.05) is 24.4 Å². The summed E-state index contributed by atoms with van der Waals surface area (Å²) in [5.41, 5.74) is 1.99. The molecule has 0 saturated heterocycles. The van der Waals surface area contributed by atoms with Gasteiger partial charge in [-0.2, -0.15) is 0 Å². The molecule has 0 unspecified atom stereocenters. The van der Waals surface area contributed by atoms with Crippen molar-refractivity contribution in [2.45, 2.75) is 19.5 Å². The summed E-state index contributed by atoms with van der Waals surface area (Å²) in [7, 11) is 1.46. The third-order valence-corrected chi connectivity index (χ3v) is 3.01. The lowest BCUT2D eigenvalue weighted by atomic mass is 10.1. The molecule has 1 heterocycles. The Morgan fingerprint density at radius 3 is 2.84 bits per heavy atom. The van der Waals surface area contributed by atoms with Gasteiger partial charge in [0.15, 0.2) is 11.6 Å². The van der Waals surface area contributed by atoms with E-state index in [4.69, 9.17) is 4.74 Å². The number of methoxy groups -OCH3 is 1. The minimum Gasteiger partial charge on any atom is -0.494 e. The minimum absolute atomic E-state index is 0.166. The van der Waals surface area contributed by atoms with Crippen LogP contribution in [0.1, 0.15) is 24.1 Å². The monoisotopic (exact) mass is 260 g/mol. The van der Waals surface area contributed by atoms with E-state index in [1.54, 1.807) is 12.3 Å². The molecule has 0 amide bonds. The highest BCUT2D eigenvalue weighted by atomic mass is 19.1. The van der Waals surface area contributed by atoms with Crippen molar-refractivity contribution in [1.82, 2.24) is 10.3 Å². The van der Waals surface area contributed by atoms with Gasteiger partial charge in [0.2, 0.25) is 0 Å². The molecule has 0 aliphatic heterocycles. The average molecular weight is 260 g/mol. The molecule has 4 heteroatoms. The summed E-state index contributed by atoms with van der Waals surface area (Å²) in [5, 5.41) is 3.33. The van der Waals surface area contributed by atoms with Gasteiger partial charge in [-0.1, -0.05) is 12.1 Å². The lowest BCUT2D eigenvalue weighted by molar-refractivity contribution is 0.386. The molecular weight excluding hydrogens is 243 g/mol. The van der Waals surface area contributed by atoms with Gasteiger partial charge in [-0.25, -0.2) is 4.39 Å². The van der Waals surface area contributed by atoms with Crippen molar-refractivity contribution < 1.29 is 9.13 Å². The van der Waals surface area contributed by atoms with Crippen molar-refractivity contribution >= 4 is 0 Å². The van der Waals surface area contributed by atoms with Crippen LogP contribution < -0.4 is 10.1 Å². The van der Waals surface area contributed by atoms with Crippen LogP contribution in [-0.4, -0.2) is 12.1 Å². The number of ether oxygens (including phenoxy) is 1. The summed E-state index contributed by atoms with van der Waals surface area (Å²) in [6.45, 7) is 2.65. The summed E-state index contributed by atoms with van der Waals surface area (Å²) in [5.74, 6) is -0.0695. The van der Waals surface area contributed by atoms with Crippen LogP contribution in [0, 0.1) is 5.82 Å². The zero-order valence-electron chi connectivity index (χ0n) is 11.1. The van der Waals surface area contributed by atoms with Crippen molar-refractivity contribution in [3.63, 3.8) is 0 Å². The Hall–Kier alpha value is -1.94. The highest BCUT2D eigenvalue weighted by molar-refractivity contribution is 5.29. The summed E-state index contributed by atoms with van der Waals surface area (Å²) >= 11 is 0. The second-order valence-electron chi connectivity index (χ2n) is 4.36. The third kappa shape index (κ3) is 3.51. The van der Waals surface area contributed by atoms with E-state index in [1.165, 1.54) is 13.2 Å². The largest absolute Gasteiger partial charge is 0.494 e. The molecule has 2 aromatic rings. The van der Waals surface area contributed by atoms with Gasteiger partial charge in [-0.05, 0) is 36.2 Å². The summed E-state index contributed by atoms with van der Waals surface area (Å²) in [6, 6.07) is 9.06. The smallest absolute Gasteiger partial charge is 0.165 e. The number of halogens is 1. The van der Waals surface area contributed by atoms with Gasteiger partial charge in [0, 0.05) is 25.0 Å².